The van der Waals surface area contributed by atoms with Crippen molar-refractivity contribution in [3.8, 4) is 0 Å². The van der Waals surface area contributed by atoms with Crippen molar-refractivity contribution in [1.29, 1.82) is 0 Å². The minimum absolute atomic E-state index is 0.345. The van der Waals surface area contributed by atoms with Gasteiger partial charge in [-0.3, -0.25) is 0 Å². The van der Waals surface area contributed by atoms with Crippen LogP contribution < -0.4 is 11.1 Å². The van der Waals surface area contributed by atoms with Gasteiger partial charge in [0.15, 0.2) is 0 Å². The molecule has 0 saturated heterocycles. The monoisotopic (exact) mass is 224 g/mol. The molecule has 2 saturated carbocycles. The maximum absolute atomic E-state index is 10.8. The summed E-state index contributed by atoms with van der Waals surface area (Å²) in [5.74, 6) is 1.90. The highest BCUT2D eigenvalue weighted by atomic mass is 16.2. The zero-order valence-electron chi connectivity index (χ0n) is 10.1. The van der Waals surface area contributed by atoms with Gasteiger partial charge in [0.1, 0.15) is 0 Å². The average molecular weight is 224 g/mol. The summed E-state index contributed by atoms with van der Waals surface area (Å²) < 4.78 is 0. The Morgan fingerprint density at radius 2 is 1.44 bits per heavy atom. The van der Waals surface area contributed by atoms with E-state index in [9.17, 15) is 4.79 Å². The molecule has 0 aromatic heterocycles. The number of amides is 2. The molecule has 0 heterocycles. The summed E-state index contributed by atoms with van der Waals surface area (Å²) in [5.41, 5.74) is 5.15. The number of nitrogens with two attached hydrogens (primary N) is 1. The van der Waals surface area contributed by atoms with Crippen molar-refractivity contribution in [2.75, 3.05) is 0 Å². The third-order valence-electron chi connectivity index (χ3n) is 4.43. The van der Waals surface area contributed by atoms with Crippen LogP contribution in [-0.2, 0) is 0 Å². The van der Waals surface area contributed by atoms with Gasteiger partial charge in [-0.15, -0.1) is 0 Å². The first-order chi connectivity index (χ1) is 7.75. The zero-order valence-corrected chi connectivity index (χ0v) is 10.1. The molecule has 0 aromatic rings. The molecule has 0 spiro atoms. The second-order valence-electron chi connectivity index (χ2n) is 5.52. The Morgan fingerprint density at radius 1 is 0.875 bits per heavy atom. The van der Waals surface area contributed by atoms with E-state index in [-0.39, 0.29) is 6.03 Å². The highest BCUT2D eigenvalue weighted by Gasteiger charge is 2.28. The van der Waals surface area contributed by atoms with Gasteiger partial charge in [0, 0.05) is 6.04 Å². The Bertz CT molecular complexity index is 228. The third-order valence-corrected chi connectivity index (χ3v) is 4.43. The Balaban J connectivity index is 1.73. The molecular weight excluding hydrogens is 200 g/mol. The molecule has 0 aromatic carbocycles. The van der Waals surface area contributed by atoms with E-state index in [1.165, 1.54) is 44.9 Å². The minimum atomic E-state index is -0.360. The fourth-order valence-electron chi connectivity index (χ4n) is 3.54. The van der Waals surface area contributed by atoms with E-state index in [1.807, 2.05) is 0 Å². The van der Waals surface area contributed by atoms with Gasteiger partial charge in [0.25, 0.3) is 0 Å². The summed E-state index contributed by atoms with van der Waals surface area (Å²) in [4.78, 5) is 10.8. The van der Waals surface area contributed by atoms with E-state index in [4.69, 9.17) is 5.73 Å². The predicted octanol–water partition coefficient (Wildman–Crippen LogP) is 2.79. The van der Waals surface area contributed by atoms with Gasteiger partial charge in [-0.25, -0.2) is 4.79 Å². The molecule has 0 unspecified atom stereocenters. The van der Waals surface area contributed by atoms with E-state index in [1.54, 1.807) is 0 Å². The van der Waals surface area contributed by atoms with Crippen LogP contribution in [-0.4, -0.2) is 12.1 Å². The molecule has 2 amide bonds. The normalized spacial score (nSPS) is 32.2. The Morgan fingerprint density at radius 3 is 2.00 bits per heavy atom. The molecule has 2 aliphatic rings. The van der Waals surface area contributed by atoms with Crippen molar-refractivity contribution in [2.24, 2.45) is 17.6 Å². The number of urea groups is 1. The SMILES string of the molecule is NC(=O)NC1CCC(C2CCCCC2)CC1. The summed E-state index contributed by atoms with van der Waals surface area (Å²) in [6, 6.07) is -0.0153. The van der Waals surface area contributed by atoms with Gasteiger partial charge in [-0.2, -0.15) is 0 Å². The summed E-state index contributed by atoms with van der Waals surface area (Å²) in [6.07, 6.45) is 12.0. The fraction of sp³-hybridized carbons (Fsp3) is 0.923. The molecular formula is C13H24N2O. The van der Waals surface area contributed by atoms with Crippen molar-refractivity contribution in [2.45, 2.75) is 63.8 Å². The first-order valence-corrected chi connectivity index (χ1v) is 6.81. The minimum Gasteiger partial charge on any atom is -0.352 e. The number of rotatable bonds is 2. The van der Waals surface area contributed by atoms with Gasteiger partial charge in [0.2, 0.25) is 0 Å². The largest absolute Gasteiger partial charge is 0.352 e. The van der Waals surface area contributed by atoms with Crippen LogP contribution in [0.5, 0.6) is 0 Å². The van der Waals surface area contributed by atoms with E-state index in [0.29, 0.717) is 6.04 Å². The van der Waals surface area contributed by atoms with E-state index >= 15 is 0 Å². The van der Waals surface area contributed by atoms with Gasteiger partial charge in [0.05, 0.1) is 0 Å². The van der Waals surface area contributed by atoms with Crippen LogP contribution in [0, 0.1) is 11.8 Å². The molecule has 2 aliphatic carbocycles. The van der Waals surface area contributed by atoms with Crippen molar-refractivity contribution in [3.05, 3.63) is 0 Å². The number of hydrogen-bond donors (Lipinski definition) is 2. The number of carbonyl (C=O) groups excluding carboxylic acids is 1. The van der Waals surface area contributed by atoms with Crippen molar-refractivity contribution < 1.29 is 4.79 Å². The molecule has 0 atom stereocenters. The zero-order chi connectivity index (χ0) is 11.4. The molecule has 3 N–H and O–H groups in total. The lowest BCUT2D eigenvalue weighted by Crippen LogP contribution is -2.41. The first kappa shape index (κ1) is 11.7. The molecule has 0 aliphatic heterocycles. The summed E-state index contributed by atoms with van der Waals surface area (Å²) in [5, 5.41) is 2.84. The molecule has 92 valence electrons. The van der Waals surface area contributed by atoms with Crippen molar-refractivity contribution >= 4 is 6.03 Å². The lowest BCUT2D eigenvalue weighted by atomic mass is 9.72. The van der Waals surface area contributed by atoms with Crippen molar-refractivity contribution in [3.63, 3.8) is 0 Å². The van der Waals surface area contributed by atoms with Crippen LogP contribution in [0.1, 0.15) is 57.8 Å². The standard InChI is InChI=1S/C13H24N2O/c14-13(16)15-12-8-6-11(7-9-12)10-4-2-1-3-5-10/h10-12H,1-9H2,(H3,14,15,16). The van der Waals surface area contributed by atoms with Crippen LogP contribution in [0.3, 0.4) is 0 Å². The van der Waals surface area contributed by atoms with Crippen LogP contribution >= 0.6 is 0 Å². The first-order valence-electron chi connectivity index (χ1n) is 6.81. The number of carbonyl (C=O) groups is 1. The van der Waals surface area contributed by atoms with Crippen LogP contribution in [0.2, 0.25) is 0 Å². The van der Waals surface area contributed by atoms with Crippen LogP contribution in [0.25, 0.3) is 0 Å². The lowest BCUT2D eigenvalue weighted by molar-refractivity contribution is 0.177. The van der Waals surface area contributed by atoms with Crippen LogP contribution in [0.15, 0.2) is 0 Å². The van der Waals surface area contributed by atoms with E-state index in [2.05, 4.69) is 5.32 Å². The summed E-state index contributed by atoms with van der Waals surface area (Å²) in [6.45, 7) is 0. The topological polar surface area (TPSA) is 55.1 Å². The van der Waals surface area contributed by atoms with Gasteiger partial charge in [-0.1, -0.05) is 32.1 Å². The second kappa shape index (κ2) is 5.55. The smallest absolute Gasteiger partial charge is 0.312 e. The number of nitrogens with one attached hydrogen (secondary N) is 1. The highest BCUT2D eigenvalue weighted by Crippen LogP contribution is 2.38. The lowest BCUT2D eigenvalue weighted by Gasteiger charge is -2.35. The molecule has 3 nitrogen and oxygen atoms in total. The average Bonchev–Trinajstić information content (AvgIpc) is 2.30. The summed E-state index contributed by atoms with van der Waals surface area (Å²) in [7, 11) is 0. The van der Waals surface area contributed by atoms with Gasteiger partial charge < -0.3 is 11.1 Å². The maximum Gasteiger partial charge on any atom is 0.312 e. The van der Waals surface area contributed by atoms with Crippen LogP contribution in [0.4, 0.5) is 4.79 Å². The Hall–Kier alpha value is -0.730. The highest BCUT2D eigenvalue weighted by molar-refractivity contribution is 5.71. The Kier molecular flexibility index (Phi) is 4.08. The van der Waals surface area contributed by atoms with Crippen molar-refractivity contribution in [1.82, 2.24) is 5.32 Å². The number of primary amides is 1. The Labute approximate surface area is 98.2 Å². The van der Waals surface area contributed by atoms with Gasteiger partial charge in [-0.05, 0) is 37.5 Å². The molecule has 16 heavy (non-hydrogen) atoms. The molecule has 3 heteroatoms. The molecule has 0 bridgehead atoms. The third kappa shape index (κ3) is 3.13. The fourth-order valence-corrected chi connectivity index (χ4v) is 3.54. The van der Waals surface area contributed by atoms with E-state index < -0.39 is 0 Å². The maximum atomic E-state index is 10.8. The molecule has 2 fully saturated rings. The molecule has 0 radical (unpaired) electrons. The predicted molar refractivity (Wildman–Crippen MR) is 65.0 cm³/mol. The van der Waals surface area contributed by atoms with Gasteiger partial charge >= 0.3 is 6.03 Å². The number of hydrogen-bond acceptors (Lipinski definition) is 1. The van der Waals surface area contributed by atoms with E-state index in [0.717, 1.165) is 24.7 Å². The molecule has 2 rings (SSSR count). The summed E-state index contributed by atoms with van der Waals surface area (Å²) >= 11 is 0. The second-order valence-corrected chi connectivity index (χ2v) is 5.52. The quantitative estimate of drug-likeness (QED) is 0.744.